The Morgan fingerprint density at radius 2 is 1.50 bits per heavy atom. The van der Waals surface area contributed by atoms with E-state index in [1.807, 2.05) is 30.3 Å². The summed E-state index contributed by atoms with van der Waals surface area (Å²) in [6.45, 7) is -1.63. The summed E-state index contributed by atoms with van der Waals surface area (Å²) in [5.74, 6) is -0.402. The molecule has 0 aliphatic heterocycles. The number of carbonyl (C=O) groups excluding carboxylic acids is 1. The SMILES string of the molecule is O=C(CCOCC(F)(F)F)Nc1ccc(Nc2ccccc2)cc1. The lowest BCUT2D eigenvalue weighted by Gasteiger charge is -2.09. The van der Waals surface area contributed by atoms with E-state index in [1.54, 1.807) is 24.3 Å². The second kappa shape index (κ2) is 8.35. The molecule has 0 aliphatic rings. The van der Waals surface area contributed by atoms with Crippen molar-refractivity contribution >= 4 is 23.0 Å². The molecule has 128 valence electrons. The summed E-state index contributed by atoms with van der Waals surface area (Å²) < 4.78 is 40.1. The first-order valence-electron chi connectivity index (χ1n) is 7.29. The number of ether oxygens (including phenoxy) is 1. The average Bonchev–Trinajstić information content (AvgIpc) is 2.54. The van der Waals surface area contributed by atoms with Crippen LogP contribution >= 0.6 is 0 Å². The molecule has 2 aromatic rings. The van der Waals surface area contributed by atoms with Crippen LogP contribution in [-0.4, -0.2) is 25.3 Å². The molecule has 2 aromatic carbocycles. The van der Waals surface area contributed by atoms with E-state index in [1.165, 1.54) is 0 Å². The van der Waals surface area contributed by atoms with Crippen LogP contribution in [0.3, 0.4) is 0 Å². The normalized spacial score (nSPS) is 11.1. The fourth-order valence-corrected chi connectivity index (χ4v) is 1.90. The van der Waals surface area contributed by atoms with Crippen molar-refractivity contribution in [2.45, 2.75) is 12.6 Å². The van der Waals surface area contributed by atoms with Crippen LogP contribution in [0.15, 0.2) is 54.6 Å². The van der Waals surface area contributed by atoms with Crippen LogP contribution in [0.4, 0.5) is 30.2 Å². The highest BCUT2D eigenvalue weighted by atomic mass is 19.4. The van der Waals surface area contributed by atoms with Gasteiger partial charge in [-0.3, -0.25) is 4.79 Å². The van der Waals surface area contributed by atoms with Crippen molar-refractivity contribution in [3.63, 3.8) is 0 Å². The Bertz CT molecular complexity index is 643. The number of rotatable bonds is 7. The van der Waals surface area contributed by atoms with Gasteiger partial charge in [0, 0.05) is 17.1 Å². The fourth-order valence-electron chi connectivity index (χ4n) is 1.90. The molecule has 0 fully saturated rings. The predicted molar refractivity (Wildman–Crippen MR) is 86.3 cm³/mol. The van der Waals surface area contributed by atoms with Gasteiger partial charge in [0.15, 0.2) is 0 Å². The largest absolute Gasteiger partial charge is 0.411 e. The van der Waals surface area contributed by atoms with Crippen LogP contribution in [0.25, 0.3) is 0 Å². The first kappa shape index (κ1) is 17.8. The van der Waals surface area contributed by atoms with E-state index >= 15 is 0 Å². The van der Waals surface area contributed by atoms with E-state index < -0.39 is 18.7 Å². The quantitative estimate of drug-likeness (QED) is 0.739. The van der Waals surface area contributed by atoms with Gasteiger partial charge >= 0.3 is 6.18 Å². The second-order valence-electron chi connectivity index (χ2n) is 5.03. The lowest BCUT2D eigenvalue weighted by molar-refractivity contribution is -0.174. The summed E-state index contributed by atoms with van der Waals surface area (Å²) in [5, 5.41) is 5.80. The number of amides is 1. The molecule has 0 spiro atoms. The van der Waals surface area contributed by atoms with Gasteiger partial charge in [0.05, 0.1) is 13.0 Å². The van der Waals surface area contributed by atoms with E-state index in [9.17, 15) is 18.0 Å². The Balaban J connectivity index is 1.76. The van der Waals surface area contributed by atoms with Gasteiger partial charge in [-0.05, 0) is 36.4 Å². The number of halogens is 3. The smallest absolute Gasteiger partial charge is 0.372 e. The standard InChI is InChI=1S/C17H17F3N2O2/c18-17(19,20)12-24-11-10-16(23)22-15-8-6-14(7-9-15)21-13-4-2-1-3-5-13/h1-9,21H,10-12H2,(H,22,23). The van der Waals surface area contributed by atoms with Crippen molar-refractivity contribution in [3.05, 3.63) is 54.6 Å². The highest BCUT2D eigenvalue weighted by Gasteiger charge is 2.27. The number of carbonyl (C=O) groups is 1. The Kier molecular flexibility index (Phi) is 6.20. The summed E-state index contributed by atoms with van der Waals surface area (Å²) in [6.07, 6.45) is -4.52. The first-order valence-corrected chi connectivity index (χ1v) is 7.29. The van der Waals surface area contributed by atoms with E-state index in [2.05, 4.69) is 15.4 Å². The van der Waals surface area contributed by atoms with E-state index in [-0.39, 0.29) is 13.0 Å². The average molecular weight is 338 g/mol. The van der Waals surface area contributed by atoms with Gasteiger partial charge in [-0.1, -0.05) is 18.2 Å². The van der Waals surface area contributed by atoms with E-state index in [0.29, 0.717) is 5.69 Å². The van der Waals surface area contributed by atoms with E-state index in [4.69, 9.17) is 0 Å². The molecule has 0 radical (unpaired) electrons. The third-order valence-electron chi connectivity index (χ3n) is 2.97. The molecule has 0 unspecified atom stereocenters. The lowest BCUT2D eigenvalue weighted by atomic mass is 10.2. The number of nitrogens with one attached hydrogen (secondary N) is 2. The molecular formula is C17H17F3N2O2. The highest BCUT2D eigenvalue weighted by Crippen LogP contribution is 2.19. The molecule has 0 saturated carbocycles. The van der Waals surface area contributed by atoms with Gasteiger partial charge in [0.1, 0.15) is 6.61 Å². The minimum Gasteiger partial charge on any atom is -0.372 e. The monoisotopic (exact) mass is 338 g/mol. The van der Waals surface area contributed by atoms with Gasteiger partial charge in [-0.25, -0.2) is 0 Å². The van der Waals surface area contributed by atoms with Crippen molar-refractivity contribution in [1.29, 1.82) is 0 Å². The van der Waals surface area contributed by atoms with Crippen LogP contribution < -0.4 is 10.6 Å². The molecule has 0 aromatic heterocycles. The van der Waals surface area contributed by atoms with Crippen molar-refractivity contribution < 1.29 is 22.7 Å². The van der Waals surface area contributed by atoms with Crippen LogP contribution in [0, 0.1) is 0 Å². The third kappa shape index (κ3) is 6.70. The molecule has 0 atom stereocenters. The maximum absolute atomic E-state index is 11.9. The summed E-state index contributed by atoms with van der Waals surface area (Å²) >= 11 is 0. The van der Waals surface area contributed by atoms with Crippen LogP contribution in [0.5, 0.6) is 0 Å². The molecule has 1 amide bonds. The Morgan fingerprint density at radius 1 is 0.917 bits per heavy atom. The fraction of sp³-hybridized carbons (Fsp3) is 0.235. The van der Waals surface area contributed by atoms with Crippen molar-refractivity contribution in [2.75, 3.05) is 23.8 Å². The zero-order valence-electron chi connectivity index (χ0n) is 12.8. The molecule has 7 heteroatoms. The number of hydrogen-bond donors (Lipinski definition) is 2. The van der Waals surface area contributed by atoms with Crippen molar-refractivity contribution in [3.8, 4) is 0 Å². The molecule has 0 saturated heterocycles. The molecule has 4 nitrogen and oxygen atoms in total. The molecule has 24 heavy (non-hydrogen) atoms. The van der Waals surface area contributed by atoms with Gasteiger partial charge in [0.25, 0.3) is 0 Å². The van der Waals surface area contributed by atoms with Gasteiger partial charge in [-0.2, -0.15) is 13.2 Å². The highest BCUT2D eigenvalue weighted by molar-refractivity contribution is 5.91. The second-order valence-corrected chi connectivity index (χ2v) is 5.03. The molecular weight excluding hydrogens is 321 g/mol. The minimum absolute atomic E-state index is 0.139. The number of anilines is 3. The van der Waals surface area contributed by atoms with Crippen molar-refractivity contribution in [2.24, 2.45) is 0 Å². The number of para-hydroxylation sites is 1. The molecule has 2 rings (SSSR count). The molecule has 2 N–H and O–H groups in total. The number of hydrogen-bond acceptors (Lipinski definition) is 3. The van der Waals surface area contributed by atoms with Crippen LogP contribution in [0.1, 0.15) is 6.42 Å². The first-order chi connectivity index (χ1) is 11.4. The Labute approximate surface area is 137 Å². The maximum atomic E-state index is 11.9. The van der Waals surface area contributed by atoms with Crippen molar-refractivity contribution in [1.82, 2.24) is 0 Å². The summed E-state index contributed by atoms with van der Waals surface area (Å²) in [5.41, 5.74) is 2.36. The zero-order valence-corrected chi connectivity index (χ0v) is 12.8. The molecule has 0 aliphatic carbocycles. The predicted octanol–water partition coefficient (Wildman–Crippen LogP) is 4.34. The third-order valence-corrected chi connectivity index (χ3v) is 2.97. The zero-order chi connectivity index (χ0) is 17.4. The summed E-state index contributed by atoms with van der Waals surface area (Å²) in [7, 11) is 0. The lowest BCUT2D eigenvalue weighted by Crippen LogP contribution is -2.20. The molecule has 0 heterocycles. The van der Waals surface area contributed by atoms with Crippen LogP contribution in [0.2, 0.25) is 0 Å². The summed E-state index contributed by atoms with van der Waals surface area (Å²) in [4.78, 5) is 11.6. The number of benzene rings is 2. The minimum atomic E-state index is -4.38. The maximum Gasteiger partial charge on any atom is 0.411 e. The molecule has 0 bridgehead atoms. The summed E-state index contributed by atoms with van der Waals surface area (Å²) in [6, 6.07) is 16.6. The van der Waals surface area contributed by atoms with Crippen LogP contribution in [-0.2, 0) is 9.53 Å². The Hall–Kier alpha value is -2.54. The van der Waals surface area contributed by atoms with E-state index in [0.717, 1.165) is 11.4 Å². The topological polar surface area (TPSA) is 50.4 Å². The van der Waals surface area contributed by atoms with Gasteiger partial charge in [0.2, 0.25) is 5.91 Å². The van der Waals surface area contributed by atoms with Gasteiger partial charge in [-0.15, -0.1) is 0 Å². The Morgan fingerprint density at radius 3 is 2.12 bits per heavy atom. The van der Waals surface area contributed by atoms with Gasteiger partial charge < -0.3 is 15.4 Å². The number of alkyl halides is 3.